The number of hydrogen-bond acceptors (Lipinski definition) is 2. The van der Waals surface area contributed by atoms with Crippen LogP contribution in [0.5, 0.6) is 0 Å². The lowest BCUT2D eigenvalue weighted by Gasteiger charge is -2.06. The molecule has 0 saturated carbocycles. The van der Waals surface area contributed by atoms with E-state index in [2.05, 4.69) is 10.4 Å². The maximum absolute atomic E-state index is 13.5. The number of hydrogen-bond donors (Lipinski definition) is 1. The molecule has 0 amide bonds. The topological polar surface area (TPSA) is 29.9 Å². The van der Waals surface area contributed by atoms with Crippen LogP contribution in [-0.4, -0.2) is 9.78 Å². The van der Waals surface area contributed by atoms with Crippen LogP contribution >= 0.6 is 0 Å². The quantitative estimate of drug-likeness (QED) is 0.791. The smallest absolute Gasteiger partial charge is 0.146 e. The van der Waals surface area contributed by atoms with Gasteiger partial charge in [0.15, 0.2) is 0 Å². The van der Waals surface area contributed by atoms with Crippen LogP contribution in [0.2, 0.25) is 0 Å². The fraction of sp³-hybridized carbons (Fsp3) is 0.0625. The molecule has 3 rings (SSSR count). The van der Waals surface area contributed by atoms with E-state index in [-0.39, 0.29) is 5.69 Å². The highest BCUT2D eigenvalue weighted by molar-refractivity contribution is 5.45. The Morgan fingerprint density at radius 1 is 1.00 bits per heavy atom. The Morgan fingerprint density at radius 2 is 1.81 bits per heavy atom. The molecule has 3 aromatic rings. The Hall–Kier alpha value is -2.69. The maximum atomic E-state index is 13.5. The van der Waals surface area contributed by atoms with Gasteiger partial charge in [-0.05, 0) is 36.4 Å². The van der Waals surface area contributed by atoms with Crippen molar-refractivity contribution in [1.82, 2.24) is 9.78 Å². The lowest BCUT2D eigenvalue weighted by Crippen LogP contribution is -2.03. The second-order valence-electron chi connectivity index (χ2n) is 4.56. The average Bonchev–Trinajstić information content (AvgIpc) is 2.98. The normalized spacial score (nSPS) is 10.6. The largest absolute Gasteiger partial charge is 0.377 e. The minimum Gasteiger partial charge on any atom is -0.377 e. The molecule has 21 heavy (non-hydrogen) atoms. The van der Waals surface area contributed by atoms with Crippen molar-refractivity contribution in [2.75, 3.05) is 5.32 Å². The van der Waals surface area contributed by atoms with E-state index in [1.807, 2.05) is 42.6 Å². The molecule has 0 radical (unpaired) electrons. The van der Waals surface area contributed by atoms with Gasteiger partial charge in [-0.15, -0.1) is 0 Å². The molecule has 106 valence electrons. The lowest BCUT2D eigenvalue weighted by atomic mass is 10.3. The molecule has 1 aromatic heterocycles. The second-order valence-corrected chi connectivity index (χ2v) is 4.56. The molecule has 0 bridgehead atoms. The van der Waals surface area contributed by atoms with Gasteiger partial charge in [-0.2, -0.15) is 5.10 Å². The summed E-state index contributed by atoms with van der Waals surface area (Å²) in [6.07, 6.45) is 1.83. The molecule has 2 aromatic carbocycles. The molecule has 0 aliphatic carbocycles. The molecule has 1 N–H and O–H groups in total. The second kappa shape index (κ2) is 5.75. The summed E-state index contributed by atoms with van der Waals surface area (Å²) in [5.74, 6) is -0.965. The Bertz CT molecular complexity index is 738. The zero-order chi connectivity index (χ0) is 14.7. The molecule has 0 atom stereocenters. The van der Waals surface area contributed by atoms with E-state index >= 15 is 0 Å². The van der Waals surface area contributed by atoms with Crippen LogP contribution in [0.25, 0.3) is 5.69 Å². The molecule has 1 heterocycles. The summed E-state index contributed by atoms with van der Waals surface area (Å²) in [4.78, 5) is 0. The van der Waals surface area contributed by atoms with Gasteiger partial charge in [-0.1, -0.05) is 18.2 Å². The third-order valence-corrected chi connectivity index (χ3v) is 3.05. The predicted octanol–water partition coefficient (Wildman–Crippen LogP) is 3.76. The van der Waals surface area contributed by atoms with E-state index in [1.165, 1.54) is 0 Å². The van der Waals surface area contributed by atoms with Gasteiger partial charge in [0.25, 0.3) is 0 Å². The Morgan fingerprint density at radius 3 is 2.62 bits per heavy atom. The molecule has 0 saturated heterocycles. The van der Waals surface area contributed by atoms with Crippen molar-refractivity contribution in [3.05, 3.63) is 78.1 Å². The molecule has 0 unspecified atom stereocenters. The number of anilines is 1. The van der Waals surface area contributed by atoms with E-state index < -0.39 is 11.6 Å². The van der Waals surface area contributed by atoms with Crippen LogP contribution in [0.4, 0.5) is 14.5 Å². The fourth-order valence-electron chi connectivity index (χ4n) is 2.00. The first-order valence-electron chi connectivity index (χ1n) is 6.51. The zero-order valence-electron chi connectivity index (χ0n) is 11.1. The molecule has 0 aliphatic rings. The average molecular weight is 285 g/mol. The Labute approximate surface area is 120 Å². The number of aromatic nitrogens is 2. The molecule has 5 heteroatoms. The van der Waals surface area contributed by atoms with E-state index in [4.69, 9.17) is 0 Å². The maximum Gasteiger partial charge on any atom is 0.146 e. The number of halogens is 2. The van der Waals surface area contributed by atoms with E-state index in [0.717, 1.165) is 29.6 Å². The summed E-state index contributed by atoms with van der Waals surface area (Å²) in [7, 11) is 0. The first-order valence-corrected chi connectivity index (χ1v) is 6.51. The van der Waals surface area contributed by atoms with Gasteiger partial charge in [0.05, 0.1) is 23.6 Å². The van der Waals surface area contributed by atoms with Gasteiger partial charge in [-0.3, -0.25) is 0 Å². The zero-order valence-corrected chi connectivity index (χ0v) is 11.1. The SMILES string of the molecule is Fc1ccc(F)c(NCc2ccn(-c3ccccc3)n2)c1. The number of nitrogens with zero attached hydrogens (tertiary/aromatic N) is 2. The Balaban J connectivity index is 1.72. The first-order chi connectivity index (χ1) is 10.2. The van der Waals surface area contributed by atoms with Crippen molar-refractivity contribution in [3.63, 3.8) is 0 Å². The lowest BCUT2D eigenvalue weighted by molar-refractivity contribution is 0.602. The van der Waals surface area contributed by atoms with Crippen molar-refractivity contribution >= 4 is 5.69 Å². The van der Waals surface area contributed by atoms with Gasteiger partial charge in [-0.25, -0.2) is 13.5 Å². The number of para-hydroxylation sites is 1. The van der Waals surface area contributed by atoms with Gasteiger partial charge in [0.1, 0.15) is 11.6 Å². The summed E-state index contributed by atoms with van der Waals surface area (Å²) >= 11 is 0. The number of rotatable bonds is 4. The van der Waals surface area contributed by atoms with Crippen molar-refractivity contribution in [1.29, 1.82) is 0 Å². The van der Waals surface area contributed by atoms with Gasteiger partial charge < -0.3 is 5.32 Å². The van der Waals surface area contributed by atoms with Crippen molar-refractivity contribution < 1.29 is 8.78 Å². The van der Waals surface area contributed by atoms with Crippen molar-refractivity contribution in [3.8, 4) is 5.69 Å². The minimum atomic E-state index is -0.487. The van der Waals surface area contributed by atoms with Crippen LogP contribution < -0.4 is 5.32 Å². The van der Waals surface area contributed by atoms with E-state index in [0.29, 0.717) is 6.54 Å². The highest BCUT2D eigenvalue weighted by atomic mass is 19.1. The van der Waals surface area contributed by atoms with Gasteiger partial charge in [0, 0.05) is 6.20 Å². The number of nitrogens with one attached hydrogen (secondary N) is 1. The molecule has 0 fully saturated rings. The molecular weight excluding hydrogens is 272 g/mol. The predicted molar refractivity (Wildman–Crippen MR) is 77.2 cm³/mol. The summed E-state index contributed by atoms with van der Waals surface area (Å²) in [5, 5.41) is 7.23. The molecule has 0 spiro atoms. The monoisotopic (exact) mass is 285 g/mol. The highest BCUT2D eigenvalue weighted by Crippen LogP contribution is 2.16. The van der Waals surface area contributed by atoms with Crippen molar-refractivity contribution in [2.24, 2.45) is 0 Å². The summed E-state index contributed by atoms with van der Waals surface area (Å²) in [6.45, 7) is 0.320. The third-order valence-electron chi connectivity index (χ3n) is 3.05. The van der Waals surface area contributed by atoms with Gasteiger partial charge >= 0.3 is 0 Å². The Kier molecular flexibility index (Phi) is 3.64. The van der Waals surface area contributed by atoms with Crippen LogP contribution in [-0.2, 0) is 6.54 Å². The summed E-state index contributed by atoms with van der Waals surface area (Å²) < 4.78 is 28.3. The van der Waals surface area contributed by atoms with Crippen LogP contribution in [0.15, 0.2) is 60.8 Å². The van der Waals surface area contributed by atoms with Crippen LogP contribution in [0, 0.1) is 11.6 Å². The van der Waals surface area contributed by atoms with Crippen molar-refractivity contribution in [2.45, 2.75) is 6.54 Å². The minimum absolute atomic E-state index is 0.129. The van der Waals surface area contributed by atoms with Crippen LogP contribution in [0.1, 0.15) is 5.69 Å². The third kappa shape index (κ3) is 3.08. The standard InChI is InChI=1S/C16H13F2N3/c17-12-6-7-15(18)16(10-12)19-11-13-8-9-21(20-13)14-4-2-1-3-5-14/h1-10,19H,11H2. The molecule has 3 nitrogen and oxygen atoms in total. The van der Waals surface area contributed by atoms with Gasteiger partial charge in [0.2, 0.25) is 0 Å². The number of benzene rings is 2. The summed E-state index contributed by atoms with van der Waals surface area (Å²) in [6, 6.07) is 14.8. The fourth-order valence-corrected chi connectivity index (χ4v) is 2.00. The molecular formula is C16H13F2N3. The highest BCUT2D eigenvalue weighted by Gasteiger charge is 2.05. The van der Waals surface area contributed by atoms with Crippen LogP contribution in [0.3, 0.4) is 0 Å². The summed E-state index contributed by atoms with van der Waals surface area (Å²) in [5.41, 5.74) is 1.81. The van der Waals surface area contributed by atoms with E-state index in [9.17, 15) is 8.78 Å². The first kappa shape index (κ1) is 13.3. The molecule has 0 aliphatic heterocycles. The van der Waals surface area contributed by atoms with E-state index in [1.54, 1.807) is 4.68 Å².